The zero-order valence-corrected chi connectivity index (χ0v) is 16.3. The number of carbonyl (C=O) groups is 2. The maximum Gasteiger partial charge on any atom is 0.321 e. The zero-order valence-electron chi connectivity index (χ0n) is 14.8. The average molecular weight is 422 g/mol. The molecule has 0 spiro atoms. The number of rotatable bonds is 7. The topological polar surface area (TPSA) is 117 Å². The quantitative estimate of drug-likeness (QED) is 0.683. The van der Waals surface area contributed by atoms with Crippen molar-refractivity contribution in [3.8, 4) is 6.07 Å². The summed E-state index contributed by atoms with van der Waals surface area (Å²) in [6.07, 6.45) is 0. The third kappa shape index (κ3) is 5.79. The van der Waals surface area contributed by atoms with Gasteiger partial charge in [-0.3, -0.25) is 9.59 Å². The Morgan fingerprint density at radius 3 is 2.32 bits per heavy atom. The second-order valence-electron chi connectivity index (χ2n) is 5.61. The van der Waals surface area contributed by atoms with Crippen molar-refractivity contribution >= 4 is 39.2 Å². The smallest absolute Gasteiger partial charge is 0.321 e. The SMILES string of the molecule is CN(CC(=O)OCC(=O)Nc1ccc(C#N)cc1)S(=O)(=O)c1ccc(Cl)cc1. The van der Waals surface area contributed by atoms with Crippen LogP contribution in [0.15, 0.2) is 53.4 Å². The Balaban J connectivity index is 1.86. The lowest BCUT2D eigenvalue weighted by Crippen LogP contribution is -2.34. The number of nitriles is 1. The fraction of sp³-hybridized carbons (Fsp3) is 0.167. The number of ether oxygens (including phenoxy) is 1. The van der Waals surface area contributed by atoms with Crippen molar-refractivity contribution in [1.29, 1.82) is 5.26 Å². The van der Waals surface area contributed by atoms with Crippen LogP contribution < -0.4 is 5.32 Å². The van der Waals surface area contributed by atoms with E-state index in [2.05, 4.69) is 5.32 Å². The minimum atomic E-state index is -3.90. The zero-order chi connectivity index (χ0) is 20.7. The highest BCUT2D eigenvalue weighted by Crippen LogP contribution is 2.17. The number of amides is 1. The van der Waals surface area contributed by atoms with Crippen LogP contribution in [0.1, 0.15) is 5.56 Å². The van der Waals surface area contributed by atoms with Crippen LogP contribution in [0.4, 0.5) is 5.69 Å². The van der Waals surface area contributed by atoms with E-state index in [-0.39, 0.29) is 4.90 Å². The van der Waals surface area contributed by atoms with E-state index >= 15 is 0 Å². The lowest BCUT2D eigenvalue weighted by molar-refractivity contribution is -0.147. The molecule has 0 aromatic heterocycles. The van der Waals surface area contributed by atoms with Gasteiger partial charge in [-0.15, -0.1) is 0 Å². The molecule has 8 nitrogen and oxygen atoms in total. The minimum absolute atomic E-state index is 0.0224. The Morgan fingerprint density at radius 1 is 1.14 bits per heavy atom. The minimum Gasteiger partial charge on any atom is -0.455 e. The number of nitrogens with zero attached hydrogens (tertiary/aromatic N) is 2. The number of benzene rings is 2. The van der Waals surface area contributed by atoms with Gasteiger partial charge in [-0.05, 0) is 48.5 Å². The van der Waals surface area contributed by atoms with Crippen LogP contribution in [-0.2, 0) is 24.3 Å². The van der Waals surface area contributed by atoms with Gasteiger partial charge in [0.2, 0.25) is 10.0 Å². The Bertz CT molecular complexity index is 999. The predicted molar refractivity (Wildman–Crippen MR) is 102 cm³/mol. The summed E-state index contributed by atoms with van der Waals surface area (Å²) in [6.45, 7) is -1.14. The van der Waals surface area contributed by atoms with Crippen LogP contribution in [0.25, 0.3) is 0 Å². The first-order valence-corrected chi connectivity index (χ1v) is 9.71. The molecule has 146 valence electrons. The summed E-state index contributed by atoms with van der Waals surface area (Å²) < 4.78 is 30.4. The molecule has 10 heteroatoms. The summed E-state index contributed by atoms with van der Waals surface area (Å²) in [5.41, 5.74) is 0.872. The molecule has 0 saturated heterocycles. The Morgan fingerprint density at radius 2 is 1.75 bits per heavy atom. The Labute approximate surface area is 167 Å². The molecule has 0 heterocycles. The number of hydrogen-bond donors (Lipinski definition) is 1. The number of sulfonamides is 1. The van der Waals surface area contributed by atoms with Crippen LogP contribution in [0, 0.1) is 11.3 Å². The molecule has 0 fully saturated rings. The van der Waals surface area contributed by atoms with E-state index in [4.69, 9.17) is 21.6 Å². The van der Waals surface area contributed by atoms with Crippen molar-refractivity contribution in [2.45, 2.75) is 4.90 Å². The lowest BCUT2D eigenvalue weighted by atomic mass is 10.2. The van der Waals surface area contributed by atoms with Crippen molar-refractivity contribution in [3.63, 3.8) is 0 Å². The molecule has 0 bridgehead atoms. The van der Waals surface area contributed by atoms with Gasteiger partial charge in [0.25, 0.3) is 5.91 Å². The van der Waals surface area contributed by atoms with Crippen molar-refractivity contribution in [2.24, 2.45) is 0 Å². The van der Waals surface area contributed by atoms with E-state index in [0.29, 0.717) is 16.3 Å². The summed E-state index contributed by atoms with van der Waals surface area (Å²) in [5, 5.41) is 11.6. The average Bonchev–Trinajstić information content (AvgIpc) is 2.67. The van der Waals surface area contributed by atoms with Gasteiger partial charge in [0.1, 0.15) is 6.54 Å². The Kier molecular flexibility index (Phi) is 7.12. The number of halogens is 1. The van der Waals surface area contributed by atoms with Crippen LogP contribution >= 0.6 is 11.6 Å². The van der Waals surface area contributed by atoms with Gasteiger partial charge in [0.15, 0.2) is 6.61 Å². The van der Waals surface area contributed by atoms with E-state index in [1.807, 2.05) is 6.07 Å². The molecule has 1 amide bonds. The molecular formula is C18H16ClN3O5S. The second kappa shape index (κ2) is 9.32. The highest BCUT2D eigenvalue weighted by atomic mass is 35.5. The second-order valence-corrected chi connectivity index (χ2v) is 8.09. The molecule has 0 atom stereocenters. The van der Waals surface area contributed by atoms with Gasteiger partial charge in [-0.25, -0.2) is 8.42 Å². The maximum atomic E-state index is 12.4. The summed E-state index contributed by atoms with van der Waals surface area (Å²) in [6, 6.07) is 13.6. The third-order valence-electron chi connectivity index (χ3n) is 3.54. The summed E-state index contributed by atoms with van der Waals surface area (Å²) >= 11 is 5.74. The molecule has 0 aliphatic heterocycles. The van der Waals surface area contributed by atoms with E-state index in [1.165, 1.54) is 55.6 Å². The largest absolute Gasteiger partial charge is 0.455 e. The molecule has 0 saturated carbocycles. The van der Waals surface area contributed by atoms with Gasteiger partial charge in [0.05, 0.1) is 16.5 Å². The predicted octanol–water partition coefficient (Wildman–Crippen LogP) is 2.01. The van der Waals surface area contributed by atoms with Crippen LogP contribution in [0.2, 0.25) is 5.02 Å². The number of likely N-dealkylation sites (N-methyl/N-ethyl adjacent to an activating group) is 1. The van der Waals surface area contributed by atoms with Crippen LogP contribution in [0.5, 0.6) is 0 Å². The third-order valence-corrected chi connectivity index (χ3v) is 5.61. The fourth-order valence-electron chi connectivity index (χ4n) is 2.07. The van der Waals surface area contributed by atoms with Crippen molar-refractivity contribution in [2.75, 3.05) is 25.5 Å². The highest BCUT2D eigenvalue weighted by Gasteiger charge is 2.23. The van der Waals surface area contributed by atoms with Gasteiger partial charge >= 0.3 is 5.97 Å². The molecule has 0 aliphatic rings. The van der Waals surface area contributed by atoms with Crippen molar-refractivity contribution in [3.05, 3.63) is 59.1 Å². The normalized spacial score (nSPS) is 10.9. The lowest BCUT2D eigenvalue weighted by Gasteiger charge is -2.16. The van der Waals surface area contributed by atoms with Gasteiger partial charge < -0.3 is 10.1 Å². The van der Waals surface area contributed by atoms with E-state index in [1.54, 1.807) is 0 Å². The van der Waals surface area contributed by atoms with E-state index in [0.717, 1.165) is 4.31 Å². The first-order chi connectivity index (χ1) is 13.2. The number of nitrogens with one attached hydrogen (secondary N) is 1. The fourth-order valence-corrected chi connectivity index (χ4v) is 3.31. The van der Waals surface area contributed by atoms with E-state index in [9.17, 15) is 18.0 Å². The maximum absolute atomic E-state index is 12.4. The van der Waals surface area contributed by atoms with Crippen molar-refractivity contribution in [1.82, 2.24) is 4.31 Å². The summed E-state index contributed by atoms with van der Waals surface area (Å²) in [7, 11) is -2.67. The van der Waals surface area contributed by atoms with Crippen molar-refractivity contribution < 1.29 is 22.7 Å². The Hall–Kier alpha value is -2.93. The van der Waals surface area contributed by atoms with Gasteiger partial charge in [-0.1, -0.05) is 11.6 Å². The number of anilines is 1. The van der Waals surface area contributed by atoms with Gasteiger partial charge in [-0.2, -0.15) is 9.57 Å². The highest BCUT2D eigenvalue weighted by molar-refractivity contribution is 7.89. The number of carbonyl (C=O) groups excluding carboxylic acids is 2. The molecule has 0 radical (unpaired) electrons. The molecule has 1 N–H and O–H groups in total. The molecule has 2 rings (SSSR count). The molecule has 2 aromatic carbocycles. The molecule has 0 aliphatic carbocycles. The monoisotopic (exact) mass is 421 g/mol. The standard InChI is InChI=1S/C18H16ClN3O5S/c1-22(28(25,26)16-8-4-14(19)5-9-16)11-18(24)27-12-17(23)21-15-6-2-13(10-20)3-7-15/h2-9H,11-12H2,1H3,(H,21,23). The van der Waals surface area contributed by atoms with Crippen LogP contribution in [-0.4, -0.2) is 44.8 Å². The molecular weight excluding hydrogens is 406 g/mol. The van der Waals surface area contributed by atoms with Gasteiger partial charge in [0, 0.05) is 17.8 Å². The van der Waals surface area contributed by atoms with Crippen LogP contribution in [0.3, 0.4) is 0 Å². The molecule has 28 heavy (non-hydrogen) atoms. The first-order valence-electron chi connectivity index (χ1n) is 7.90. The van der Waals surface area contributed by atoms with E-state index < -0.39 is 35.1 Å². The molecule has 0 unspecified atom stereocenters. The first kappa shape index (κ1) is 21.4. The summed E-state index contributed by atoms with van der Waals surface area (Å²) in [4.78, 5) is 23.6. The number of hydrogen-bond acceptors (Lipinski definition) is 6. The molecule has 2 aromatic rings. The number of esters is 1. The summed E-state index contributed by atoms with van der Waals surface area (Å²) in [5.74, 6) is -1.48.